The van der Waals surface area contributed by atoms with Crippen molar-refractivity contribution in [3.63, 3.8) is 0 Å². The quantitative estimate of drug-likeness (QED) is 0.710. The van der Waals surface area contributed by atoms with E-state index in [1.807, 2.05) is 0 Å². The van der Waals surface area contributed by atoms with Crippen LogP contribution >= 0.6 is 11.8 Å². The van der Waals surface area contributed by atoms with Crippen LogP contribution in [0.2, 0.25) is 0 Å². The van der Waals surface area contributed by atoms with Crippen LogP contribution in [0.15, 0.2) is 0 Å². The smallest absolute Gasteiger partial charge is 0.316 e. The molecule has 1 aliphatic rings. The van der Waals surface area contributed by atoms with Gasteiger partial charge in [0.2, 0.25) is 0 Å². The van der Waals surface area contributed by atoms with E-state index in [4.69, 9.17) is 10.8 Å². The highest BCUT2D eigenvalue weighted by Gasteiger charge is 2.24. The van der Waals surface area contributed by atoms with E-state index in [1.165, 1.54) is 25.7 Å². The van der Waals surface area contributed by atoms with E-state index >= 15 is 0 Å². The standard InChI is InChI=1S/C9H17NO2S/c10-6-5-8(9(11)12)13-7-3-1-2-4-7/h7-8H,1-6,10H2,(H,11,12). The van der Waals surface area contributed by atoms with Gasteiger partial charge < -0.3 is 10.8 Å². The average molecular weight is 203 g/mol. The molecule has 3 N–H and O–H groups in total. The monoisotopic (exact) mass is 203 g/mol. The first-order valence-electron chi connectivity index (χ1n) is 4.82. The summed E-state index contributed by atoms with van der Waals surface area (Å²) >= 11 is 1.61. The molecule has 0 aliphatic heterocycles. The van der Waals surface area contributed by atoms with Gasteiger partial charge in [0.15, 0.2) is 0 Å². The number of thioether (sulfide) groups is 1. The Morgan fingerprint density at radius 3 is 2.62 bits per heavy atom. The summed E-state index contributed by atoms with van der Waals surface area (Å²) in [7, 11) is 0. The first-order valence-corrected chi connectivity index (χ1v) is 5.76. The Balaban J connectivity index is 2.32. The molecule has 1 rings (SSSR count). The van der Waals surface area contributed by atoms with Crippen LogP contribution in [-0.4, -0.2) is 28.1 Å². The van der Waals surface area contributed by atoms with Crippen LogP contribution in [0.25, 0.3) is 0 Å². The Labute approximate surface area is 83.1 Å². The van der Waals surface area contributed by atoms with Gasteiger partial charge in [0.25, 0.3) is 0 Å². The minimum atomic E-state index is -0.706. The third-order valence-corrected chi connectivity index (χ3v) is 3.99. The SMILES string of the molecule is NCCC(SC1CCCC1)C(=O)O. The molecule has 0 spiro atoms. The molecule has 13 heavy (non-hydrogen) atoms. The summed E-state index contributed by atoms with van der Waals surface area (Å²) in [4.78, 5) is 10.8. The predicted octanol–water partition coefficient (Wildman–Crippen LogP) is 1.46. The van der Waals surface area contributed by atoms with Gasteiger partial charge in [0.05, 0.1) is 0 Å². The van der Waals surface area contributed by atoms with Gasteiger partial charge in [0, 0.05) is 5.25 Å². The van der Waals surface area contributed by atoms with Crippen molar-refractivity contribution in [3.05, 3.63) is 0 Å². The van der Waals surface area contributed by atoms with E-state index in [-0.39, 0.29) is 5.25 Å². The van der Waals surface area contributed by atoms with E-state index in [1.54, 1.807) is 11.8 Å². The summed E-state index contributed by atoms with van der Waals surface area (Å²) in [6.07, 6.45) is 5.47. The summed E-state index contributed by atoms with van der Waals surface area (Å²) in [5.74, 6) is -0.706. The van der Waals surface area contributed by atoms with Crippen LogP contribution in [0.3, 0.4) is 0 Å². The number of carboxylic acid groups (broad SMARTS) is 1. The Bertz CT molecular complexity index is 169. The first-order chi connectivity index (χ1) is 6.24. The van der Waals surface area contributed by atoms with Crippen molar-refractivity contribution in [1.82, 2.24) is 0 Å². The van der Waals surface area contributed by atoms with Crippen molar-refractivity contribution in [2.75, 3.05) is 6.54 Å². The highest BCUT2D eigenvalue weighted by molar-refractivity contribution is 8.01. The summed E-state index contributed by atoms with van der Waals surface area (Å²) in [5.41, 5.74) is 5.36. The maximum atomic E-state index is 10.8. The van der Waals surface area contributed by atoms with Crippen LogP contribution in [0, 0.1) is 0 Å². The normalized spacial score (nSPS) is 20.4. The molecule has 0 radical (unpaired) electrons. The van der Waals surface area contributed by atoms with Crippen LogP contribution in [0.5, 0.6) is 0 Å². The summed E-state index contributed by atoms with van der Waals surface area (Å²) in [5, 5.41) is 9.17. The van der Waals surface area contributed by atoms with Crippen LogP contribution in [0.4, 0.5) is 0 Å². The lowest BCUT2D eigenvalue weighted by molar-refractivity contribution is -0.136. The van der Waals surface area contributed by atoms with E-state index in [9.17, 15) is 4.79 Å². The van der Waals surface area contributed by atoms with Crippen LogP contribution < -0.4 is 5.73 Å². The van der Waals surface area contributed by atoms with Crippen molar-refractivity contribution in [1.29, 1.82) is 0 Å². The van der Waals surface area contributed by atoms with Crippen molar-refractivity contribution >= 4 is 17.7 Å². The summed E-state index contributed by atoms with van der Waals surface area (Å²) in [6, 6.07) is 0. The molecule has 0 amide bonds. The third kappa shape index (κ3) is 3.56. The van der Waals surface area contributed by atoms with Gasteiger partial charge in [-0.2, -0.15) is 0 Å². The van der Waals surface area contributed by atoms with Crippen LogP contribution in [0.1, 0.15) is 32.1 Å². The van der Waals surface area contributed by atoms with E-state index in [2.05, 4.69) is 0 Å². The zero-order chi connectivity index (χ0) is 9.68. The zero-order valence-electron chi connectivity index (χ0n) is 7.74. The van der Waals surface area contributed by atoms with E-state index in [0.717, 1.165) is 0 Å². The summed E-state index contributed by atoms with van der Waals surface area (Å²) < 4.78 is 0. The van der Waals surface area contributed by atoms with E-state index in [0.29, 0.717) is 18.2 Å². The molecular weight excluding hydrogens is 186 g/mol. The second kappa shape index (κ2) is 5.50. The minimum absolute atomic E-state index is 0.284. The van der Waals surface area contributed by atoms with Gasteiger partial charge in [-0.25, -0.2) is 0 Å². The molecule has 1 atom stereocenters. The third-order valence-electron chi connectivity index (χ3n) is 2.36. The lowest BCUT2D eigenvalue weighted by Gasteiger charge is -2.15. The number of aliphatic carboxylic acids is 1. The van der Waals surface area contributed by atoms with Crippen molar-refractivity contribution in [2.24, 2.45) is 5.73 Å². The fraction of sp³-hybridized carbons (Fsp3) is 0.889. The second-order valence-corrected chi connectivity index (χ2v) is 4.95. The maximum absolute atomic E-state index is 10.8. The molecule has 0 saturated heterocycles. The van der Waals surface area contributed by atoms with Gasteiger partial charge in [-0.3, -0.25) is 4.79 Å². The highest BCUT2D eigenvalue weighted by Crippen LogP contribution is 2.33. The number of rotatable bonds is 5. The number of nitrogens with two attached hydrogens (primary N) is 1. The van der Waals surface area contributed by atoms with Gasteiger partial charge in [0.1, 0.15) is 5.25 Å². The lowest BCUT2D eigenvalue weighted by atomic mass is 10.3. The molecular formula is C9H17NO2S. The average Bonchev–Trinajstić information content (AvgIpc) is 2.56. The maximum Gasteiger partial charge on any atom is 0.316 e. The molecule has 0 aromatic carbocycles. The van der Waals surface area contributed by atoms with Gasteiger partial charge in [-0.15, -0.1) is 11.8 Å². The number of hydrogen-bond acceptors (Lipinski definition) is 3. The molecule has 0 heterocycles. The Hall–Kier alpha value is -0.220. The highest BCUT2D eigenvalue weighted by atomic mass is 32.2. The van der Waals surface area contributed by atoms with Gasteiger partial charge in [-0.1, -0.05) is 12.8 Å². The first kappa shape index (κ1) is 10.9. The summed E-state index contributed by atoms with van der Waals surface area (Å²) in [6.45, 7) is 0.469. The zero-order valence-corrected chi connectivity index (χ0v) is 8.55. The molecule has 3 nitrogen and oxygen atoms in total. The molecule has 4 heteroatoms. The number of carbonyl (C=O) groups is 1. The van der Waals surface area contributed by atoms with Crippen molar-refractivity contribution < 1.29 is 9.90 Å². The molecule has 76 valence electrons. The Morgan fingerprint density at radius 2 is 2.15 bits per heavy atom. The largest absolute Gasteiger partial charge is 0.480 e. The molecule has 1 unspecified atom stereocenters. The Morgan fingerprint density at radius 1 is 1.54 bits per heavy atom. The molecule has 1 fully saturated rings. The fourth-order valence-corrected chi connectivity index (χ4v) is 3.12. The second-order valence-electron chi connectivity index (χ2n) is 3.45. The number of hydrogen-bond donors (Lipinski definition) is 2. The van der Waals surface area contributed by atoms with E-state index < -0.39 is 5.97 Å². The molecule has 0 aromatic rings. The minimum Gasteiger partial charge on any atom is -0.480 e. The van der Waals surface area contributed by atoms with Crippen molar-refractivity contribution in [2.45, 2.75) is 42.6 Å². The topological polar surface area (TPSA) is 63.3 Å². The van der Waals surface area contributed by atoms with Crippen molar-refractivity contribution in [3.8, 4) is 0 Å². The van der Waals surface area contributed by atoms with Gasteiger partial charge in [-0.05, 0) is 25.8 Å². The molecule has 0 bridgehead atoms. The fourth-order valence-electron chi connectivity index (χ4n) is 1.66. The Kier molecular flexibility index (Phi) is 4.59. The predicted molar refractivity (Wildman–Crippen MR) is 54.9 cm³/mol. The van der Waals surface area contributed by atoms with Gasteiger partial charge >= 0.3 is 5.97 Å². The number of carboxylic acids is 1. The lowest BCUT2D eigenvalue weighted by Crippen LogP contribution is -2.22. The van der Waals surface area contributed by atoms with Crippen LogP contribution in [-0.2, 0) is 4.79 Å². The molecule has 0 aromatic heterocycles. The molecule has 1 aliphatic carbocycles. The molecule has 1 saturated carbocycles.